The van der Waals surface area contributed by atoms with E-state index in [1.807, 2.05) is 0 Å². The van der Waals surface area contributed by atoms with Crippen LogP contribution < -0.4 is 0 Å². The minimum atomic E-state index is -4.60. The molecule has 0 fully saturated rings. The Morgan fingerprint density at radius 1 is 1.25 bits per heavy atom. The zero-order valence-corrected chi connectivity index (χ0v) is 12.6. The van der Waals surface area contributed by atoms with Crippen LogP contribution in [0, 0.1) is 0 Å². The second-order valence-electron chi connectivity index (χ2n) is 4.50. The van der Waals surface area contributed by atoms with Gasteiger partial charge in [0.25, 0.3) is 0 Å². The van der Waals surface area contributed by atoms with E-state index in [-0.39, 0.29) is 16.3 Å². The average Bonchev–Trinajstić information content (AvgIpc) is 2.34. The average molecular weight is 330 g/mol. The van der Waals surface area contributed by atoms with Gasteiger partial charge in [0.15, 0.2) is 0 Å². The topological polar surface area (TPSA) is 37.4 Å². The molecule has 0 atom stereocenters. The van der Waals surface area contributed by atoms with Crippen LogP contribution in [0.3, 0.4) is 0 Å². The fourth-order valence-corrected chi connectivity index (χ4v) is 3.87. The van der Waals surface area contributed by atoms with Crippen LogP contribution in [0.1, 0.15) is 19.4 Å². The van der Waals surface area contributed by atoms with Crippen LogP contribution in [0.15, 0.2) is 29.2 Å². The number of benzene rings is 1. The SMILES string of the molecule is CC(C)N(CC(F)(F)F)S(=O)(=O)c1ccccc1CCl. The van der Waals surface area contributed by atoms with Crippen molar-refractivity contribution in [1.82, 2.24) is 4.31 Å². The summed E-state index contributed by atoms with van der Waals surface area (Å²) in [7, 11) is -4.25. The Kier molecular flexibility index (Phi) is 5.46. The van der Waals surface area contributed by atoms with Crippen LogP contribution in [0.2, 0.25) is 0 Å². The first-order chi connectivity index (χ1) is 9.09. The number of hydrogen-bond donors (Lipinski definition) is 0. The fourth-order valence-electron chi connectivity index (χ4n) is 1.71. The smallest absolute Gasteiger partial charge is 0.207 e. The highest BCUT2D eigenvalue weighted by atomic mass is 35.5. The monoisotopic (exact) mass is 329 g/mol. The van der Waals surface area contributed by atoms with E-state index in [9.17, 15) is 21.6 Å². The molecule has 1 rings (SSSR count). The first-order valence-corrected chi connectivity index (χ1v) is 7.79. The van der Waals surface area contributed by atoms with Crippen molar-refractivity contribution in [3.63, 3.8) is 0 Å². The molecule has 0 spiro atoms. The summed E-state index contributed by atoms with van der Waals surface area (Å²) in [6.07, 6.45) is -4.60. The summed E-state index contributed by atoms with van der Waals surface area (Å²) in [5.41, 5.74) is 0.280. The van der Waals surface area contributed by atoms with Crippen molar-refractivity contribution in [3.8, 4) is 0 Å². The van der Waals surface area contributed by atoms with Gasteiger partial charge in [0, 0.05) is 11.9 Å². The largest absolute Gasteiger partial charge is 0.402 e. The maximum absolute atomic E-state index is 12.6. The van der Waals surface area contributed by atoms with E-state index < -0.39 is 28.8 Å². The number of nitrogens with zero attached hydrogens (tertiary/aromatic N) is 1. The van der Waals surface area contributed by atoms with Gasteiger partial charge in [-0.15, -0.1) is 11.6 Å². The lowest BCUT2D eigenvalue weighted by molar-refractivity contribution is -0.138. The fraction of sp³-hybridized carbons (Fsp3) is 0.500. The Hall–Kier alpha value is -0.790. The van der Waals surface area contributed by atoms with Crippen molar-refractivity contribution in [3.05, 3.63) is 29.8 Å². The van der Waals surface area contributed by atoms with Crippen LogP contribution in [0.4, 0.5) is 13.2 Å². The van der Waals surface area contributed by atoms with Gasteiger partial charge in [-0.1, -0.05) is 18.2 Å². The second kappa shape index (κ2) is 6.32. The normalized spacial score (nSPS) is 13.2. The summed E-state index contributed by atoms with van der Waals surface area (Å²) in [4.78, 5) is -0.187. The van der Waals surface area contributed by atoms with Gasteiger partial charge in [-0.25, -0.2) is 8.42 Å². The standard InChI is InChI=1S/C12H15ClF3NO2S/c1-9(2)17(8-12(14,15)16)20(18,19)11-6-4-3-5-10(11)7-13/h3-6,9H,7-8H2,1-2H3. The Balaban J connectivity index is 3.30. The van der Waals surface area contributed by atoms with Gasteiger partial charge in [0.05, 0.1) is 4.90 Å². The van der Waals surface area contributed by atoms with Crippen molar-refractivity contribution >= 4 is 21.6 Å². The zero-order chi connectivity index (χ0) is 15.6. The number of alkyl halides is 4. The Morgan fingerprint density at radius 2 is 1.80 bits per heavy atom. The lowest BCUT2D eigenvalue weighted by atomic mass is 10.2. The number of sulfonamides is 1. The summed E-state index contributed by atoms with van der Waals surface area (Å²) in [6, 6.07) is 4.96. The van der Waals surface area contributed by atoms with Crippen LogP contribution in [-0.2, 0) is 15.9 Å². The summed E-state index contributed by atoms with van der Waals surface area (Å²) in [6.45, 7) is 1.27. The van der Waals surface area contributed by atoms with Crippen molar-refractivity contribution in [2.24, 2.45) is 0 Å². The molecule has 0 amide bonds. The van der Waals surface area contributed by atoms with Crippen LogP contribution >= 0.6 is 11.6 Å². The molecular weight excluding hydrogens is 315 g/mol. The lowest BCUT2D eigenvalue weighted by Crippen LogP contribution is -2.43. The molecule has 1 aromatic rings. The molecule has 0 aliphatic carbocycles. The molecule has 0 aliphatic rings. The molecule has 0 saturated carbocycles. The first-order valence-electron chi connectivity index (χ1n) is 5.82. The van der Waals surface area contributed by atoms with Crippen molar-refractivity contribution in [2.75, 3.05) is 6.54 Å². The van der Waals surface area contributed by atoms with Crippen LogP contribution in [0.25, 0.3) is 0 Å². The zero-order valence-electron chi connectivity index (χ0n) is 11.0. The molecule has 114 valence electrons. The Labute approximate surface area is 121 Å². The predicted molar refractivity (Wildman–Crippen MR) is 71.1 cm³/mol. The molecule has 0 radical (unpaired) electrons. The predicted octanol–water partition coefficient (Wildman–Crippen LogP) is 3.39. The molecule has 20 heavy (non-hydrogen) atoms. The third-order valence-corrected chi connectivity index (χ3v) is 5.02. The quantitative estimate of drug-likeness (QED) is 0.777. The molecule has 3 nitrogen and oxygen atoms in total. The molecule has 1 aromatic carbocycles. The van der Waals surface area contributed by atoms with Gasteiger partial charge in [-0.05, 0) is 25.5 Å². The minimum Gasteiger partial charge on any atom is -0.207 e. The Bertz CT molecular complexity index is 558. The highest BCUT2D eigenvalue weighted by Crippen LogP contribution is 2.27. The summed E-state index contributed by atoms with van der Waals surface area (Å²) in [5, 5.41) is 0. The van der Waals surface area contributed by atoms with E-state index in [1.54, 1.807) is 6.07 Å². The first kappa shape index (κ1) is 17.3. The van der Waals surface area contributed by atoms with Crippen LogP contribution in [0.5, 0.6) is 0 Å². The Morgan fingerprint density at radius 3 is 2.25 bits per heavy atom. The molecular formula is C12H15ClF3NO2S. The molecule has 0 bridgehead atoms. The molecule has 8 heteroatoms. The van der Waals surface area contributed by atoms with Gasteiger partial charge >= 0.3 is 6.18 Å². The van der Waals surface area contributed by atoms with Crippen molar-refractivity contribution < 1.29 is 21.6 Å². The van der Waals surface area contributed by atoms with E-state index in [0.29, 0.717) is 4.31 Å². The van der Waals surface area contributed by atoms with Crippen molar-refractivity contribution in [1.29, 1.82) is 0 Å². The molecule has 0 unspecified atom stereocenters. The van der Waals surface area contributed by atoms with Gasteiger partial charge in [0.1, 0.15) is 6.54 Å². The number of halogens is 4. The van der Waals surface area contributed by atoms with Crippen LogP contribution in [-0.4, -0.2) is 31.5 Å². The summed E-state index contributed by atoms with van der Waals surface area (Å²) < 4.78 is 62.9. The van der Waals surface area contributed by atoms with E-state index in [0.717, 1.165) is 0 Å². The van der Waals surface area contributed by atoms with Crippen molar-refractivity contribution in [2.45, 2.75) is 36.8 Å². The number of hydrogen-bond acceptors (Lipinski definition) is 2. The maximum Gasteiger partial charge on any atom is 0.402 e. The lowest BCUT2D eigenvalue weighted by Gasteiger charge is -2.27. The van der Waals surface area contributed by atoms with E-state index in [1.165, 1.54) is 32.0 Å². The summed E-state index contributed by atoms with van der Waals surface area (Å²) in [5.74, 6) is -0.0899. The highest BCUT2D eigenvalue weighted by molar-refractivity contribution is 7.89. The second-order valence-corrected chi connectivity index (χ2v) is 6.63. The third kappa shape index (κ3) is 4.10. The van der Waals surface area contributed by atoms with Gasteiger partial charge in [0.2, 0.25) is 10.0 Å². The van der Waals surface area contributed by atoms with Gasteiger partial charge < -0.3 is 0 Å². The molecule has 0 aromatic heterocycles. The highest BCUT2D eigenvalue weighted by Gasteiger charge is 2.39. The minimum absolute atomic E-state index is 0.0899. The summed E-state index contributed by atoms with van der Waals surface area (Å²) >= 11 is 5.65. The van der Waals surface area contributed by atoms with Gasteiger partial charge in [-0.3, -0.25) is 0 Å². The number of rotatable bonds is 5. The third-order valence-electron chi connectivity index (χ3n) is 2.61. The van der Waals surface area contributed by atoms with Gasteiger partial charge in [-0.2, -0.15) is 17.5 Å². The van der Waals surface area contributed by atoms with E-state index in [2.05, 4.69) is 0 Å². The molecule has 0 aliphatic heterocycles. The van der Waals surface area contributed by atoms with E-state index >= 15 is 0 Å². The van der Waals surface area contributed by atoms with E-state index in [4.69, 9.17) is 11.6 Å². The molecule has 0 N–H and O–H groups in total. The maximum atomic E-state index is 12.6. The molecule has 0 heterocycles. The molecule has 0 saturated heterocycles.